The summed E-state index contributed by atoms with van der Waals surface area (Å²) in [6.45, 7) is 10.4. The molecule has 0 aromatic heterocycles. The van der Waals surface area contributed by atoms with Crippen molar-refractivity contribution in [2.75, 3.05) is 6.54 Å². The highest BCUT2D eigenvalue weighted by Crippen LogP contribution is 2.33. The van der Waals surface area contributed by atoms with Crippen molar-refractivity contribution in [1.82, 2.24) is 10.2 Å². The molecular weight excluding hydrogens is 368 g/mol. The zero-order valence-corrected chi connectivity index (χ0v) is 17.8. The Balaban J connectivity index is 1.90. The first-order chi connectivity index (χ1) is 13.3. The van der Waals surface area contributed by atoms with Gasteiger partial charge in [-0.3, -0.25) is 4.79 Å². The third kappa shape index (κ3) is 3.94. The maximum atomic E-state index is 12.3. The fourth-order valence-corrected chi connectivity index (χ4v) is 3.93. The van der Waals surface area contributed by atoms with E-state index >= 15 is 0 Å². The van der Waals surface area contributed by atoms with Crippen LogP contribution in [0.25, 0.3) is 0 Å². The molecule has 0 fully saturated rings. The summed E-state index contributed by atoms with van der Waals surface area (Å²) in [5.74, 6) is 1.66. The Labute approximate surface area is 172 Å². The number of benzene rings is 2. The van der Waals surface area contributed by atoms with Gasteiger partial charge in [0, 0.05) is 17.8 Å². The van der Waals surface area contributed by atoms with Crippen LogP contribution in [0.4, 0.5) is 0 Å². The van der Waals surface area contributed by atoms with Crippen LogP contribution in [0.5, 0.6) is 11.5 Å². The number of carbonyl (C=O) groups excluding carboxylic acids is 1. The number of thiocarbonyl (C=S) groups is 1. The maximum absolute atomic E-state index is 12.3. The number of ether oxygens (including phenoxy) is 1. The number of hydrogen-bond donors (Lipinski definition) is 1. The van der Waals surface area contributed by atoms with E-state index in [2.05, 4.69) is 17.4 Å². The van der Waals surface area contributed by atoms with Crippen molar-refractivity contribution >= 4 is 23.1 Å². The number of ketones is 1. The summed E-state index contributed by atoms with van der Waals surface area (Å²) in [6.07, 6.45) is 0. The van der Waals surface area contributed by atoms with Gasteiger partial charge in [0.1, 0.15) is 11.5 Å². The number of carbonyl (C=O) groups is 1. The minimum absolute atomic E-state index is 0.0478. The fourth-order valence-electron chi connectivity index (χ4n) is 3.54. The molecule has 146 valence electrons. The summed E-state index contributed by atoms with van der Waals surface area (Å²) < 4.78 is 6.05. The molecule has 0 saturated heterocycles. The molecule has 0 spiro atoms. The van der Waals surface area contributed by atoms with Gasteiger partial charge < -0.3 is 15.0 Å². The zero-order valence-electron chi connectivity index (χ0n) is 17.0. The smallest absolute Gasteiger partial charge is 0.173 e. The van der Waals surface area contributed by atoms with Crippen molar-refractivity contribution < 1.29 is 9.53 Å². The van der Waals surface area contributed by atoms with Gasteiger partial charge >= 0.3 is 0 Å². The van der Waals surface area contributed by atoms with E-state index in [1.165, 1.54) is 0 Å². The van der Waals surface area contributed by atoms with Crippen molar-refractivity contribution in [2.45, 2.75) is 40.7 Å². The Bertz CT molecular complexity index is 948. The molecule has 1 aliphatic heterocycles. The SMILES string of the molecule is CCN1C(=S)NC(c2ccc(Oc3cc(C)ccc3C)cc2)C(C(C)=O)=C1C. The molecule has 4 nitrogen and oxygen atoms in total. The summed E-state index contributed by atoms with van der Waals surface area (Å²) in [7, 11) is 0. The Kier molecular flexibility index (Phi) is 5.84. The lowest BCUT2D eigenvalue weighted by Gasteiger charge is -2.37. The molecule has 1 unspecified atom stereocenters. The van der Waals surface area contributed by atoms with Gasteiger partial charge in [-0.15, -0.1) is 0 Å². The van der Waals surface area contributed by atoms with Gasteiger partial charge in [-0.2, -0.15) is 0 Å². The monoisotopic (exact) mass is 394 g/mol. The van der Waals surface area contributed by atoms with Gasteiger partial charge in [0.25, 0.3) is 0 Å². The van der Waals surface area contributed by atoms with E-state index in [1.54, 1.807) is 6.92 Å². The number of aryl methyl sites for hydroxylation is 2. The van der Waals surface area contributed by atoms with Crippen molar-refractivity contribution in [2.24, 2.45) is 0 Å². The molecule has 28 heavy (non-hydrogen) atoms. The molecule has 0 radical (unpaired) electrons. The highest BCUT2D eigenvalue weighted by molar-refractivity contribution is 7.80. The summed E-state index contributed by atoms with van der Waals surface area (Å²) >= 11 is 5.50. The minimum atomic E-state index is -0.248. The van der Waals surface area contributed by atoms with Crippen LogP contribution in [0.3, 0.4) is 0 Å². The largest absolute Gasteiger partial charge is 0.457 e. The first-order valence-electron chi connectivity index (χ1n) is 9.46. The topological polar surface area (TPSA) is 41.6 Å². The molecule has 1 N–H and O–H groups in total. The number of rotatable bonds is 5. The second-order valence-electron chi connectivity index (χ2n) is 7.12. The van der Waals surface area contributed by atoms with Crippen LogP contribution in [-0.4, -0.2) is 22.3 Å². The quantitative estimate of drug-likeness (QED) is 0.705. The lowest BCUT2D eigenvalue weighted by atomic mass is 9.92. The molecule has 0 bridgehead atoms. The fraction of sp³-hybridized carbons (Fsp3) is 0.304. The number of Topliss-reactive ketones (excluding diaryl/α,β-unsaturated/α-hetero) is 1. The molecular formula is C23H26N2O2S. The van der Waals surface area contributed by atoms with E-state index in [1.807, 2.05) is 62.9 Å². The lowest BCUT2D eigenvalue weighted by Crippen LogP contribution is -2.47. The molecule has 2 aromatic carbocycles. The van der Waals surface area contributed by atoms with Crippen LogP contribution >= 0.6 is 12.2 Å². The highest BCUT2D eigenvalue weighted by Gasteiger charge is 2.31. The average Bonchev–Trinajstić information content (AvgIpc) is 2.65. The number of nitrogens with one attached hydrogen (secondary N) is 1. The zero-order chi connectivity index (χ0) is 20.4. The molecule has 0 saturated carbocycles. The van der Waals surface area contributed by atoms with Crippen LogP contribution in [0.2, 0.25) is 0 Å². The van der Waals surface area contributed by atoms with Gasteiger partial charge in [0.05, 0.1) is 6.04 Å². The third-order valence-corrected chi connectivity index (χ3v) is 5.41. The van der Waals surface area contributed by atoms with E-state index in [4.69, 9.17) is 17.0 Å². The van der Waals surface area contributed by atoms with Gasteiger partial charge in [0.15, 0.2) is 10.9 Å². The van der Waals surface area contributed by atoms with E-state index in [9.17, 15) is 4.79 Å². The number of nitrogens with zero attached hydrogens (tertiary/aromatic N) is 1. The summed E-state index contributed by atoms with van der Waals surface area (Å²) in [4.78, 5) is 14.3. The second kappa shape index (κ2) is 8.15. The van der Waals surface area contributed by atoms with Crippen molar-refractivity contribution in [3.63, 3.8) is 0 Å². The average molecular weight is 395 g/mol. The molecule has 1 heterocycles. The molecule has 1 aliphatic rings. The van der Waals surface area contributed by atoms with Crippen LogP contribution in [0.15, 0.2) is 53.7 Å². The van der Waals surface area contributed by atoms with Crippen molar-refractivity contribution in [1.29, 1.82) is 0 Å². The highest BCUT2D eigenvalue weighted by atomic mass is 32.1. The Morgan fingerprint density at radius 3 is 2.43 bits per heavy atom. The maximum Gasteiger partial charge on any atom is 0.173 e. The summed E-state index contributed by atoms with van der Waals surface area (Å²) in [5, 5.41) is 3.96. The molecule has 0 amide bonds. The Morgan fingerprint density at radius 2 is 1.82 bits per heavy atom. The van der Waals surface area contributed by atoms with E-state index in [0.29, 0.717) is 5.11 Å². The van der Waals surface area contributed by atoms with Crippen LogP contribution in [-0.2, 0) is 4.79 Å². The molecule has 5 heteroatoms. The second-order valence-corrected chi connectivity index (χ2v) is 7.51. The van der Waals surface area contributed by atoms with Gasteiger partial charge in [-0.05, 0) is 81.7 Å². The van der Waals surface area contributed by atoms with Crippen molar-refractivity contribution in [3.8, 4) is 11.5 Å². The summed E-state index contributed by atoms with van der Waals surface area (Å²) in [6, 6.07) is 13.7. The van der Waals surface area contributed by atoms with Gasteiger partial charge in [-0.1, -0.05) is 24.3 Å². The van der Waals surface area contributed by atoms with E-state index in [0.717, 1.165) is 46.0 Å². The van der Waals surface area contributed by atoms with E-state index in [-0.39, 0.29) is 11.8 Å². The first-order valence-corrected chi connectivity index (χ1v) is 9.87. The van der Waals surface area contributed by atoms with Crippen LogP contribution in [0, 0.1) is 13.8 Å². The van der Waals surface area contributed by atoms with Gasteiger partial charge in [-0.25, -0.2) is 0 Å². The first kappa shape index (κ1) is 20.1. The van der Waals surface area contributed by atoms with E-state index < -0.39 is 0 Å². The van der Waals surface area contributed by atoms with Crippen molar-refractivity contribution in [3.05, 3.63) is 70.4 Å². The lowest BCUT2D eigenvalue weighted by molar-refractivity contribution is -0.114. The number of allylic oxidation sites excluding steroid dienone is 1. The molecule has 0 aliphatic carbocycles. The Hall–Kier alpha value is -2.66. The minimum Gasteiger partial charge on any atom is -0.457 e. The predicted octanol–water partition coefficient (Wildman–Crippen LogP) is 5.21. The Morgan fingerprint density at radius 1 is 1.14 bits per heavy atom. The normalized spacial score (nSPS) is 16.8. The summed E-state index contributed by atoms with van der Waals surface area (Å²) in [5.41, 5.74) is 4.89. The van der Waals surface area contributed by atoms with Gasteiger partial charge in [0.2, 0.25) is 0 Å². The molecule has 1 atom stereocenters. The van der Waals surface area contributed by atoms with Crippen LogP contribution < -0.4 is 10.1 Å². The standard InChI is InChI=1S/C23H26N2O2S/c1-6-25-16(4)21(17(5)26)22(24-23(25)28)18-9-11-19(12-10-18)27-20-13-14(2)7-8-15(20)3/h7-13,22H,6H2,1-5H3,(H,24,28). The third-order valence-electron chi connectivity index (χ3n) is 5.08. The van der Waals surface area contributed by atoms with Crippen LogP contribution in [0.1, 0.15) is 43.5 Å². The predicted molar refractivity (Wildman–Crippen MR) is 117 cm³/mol. The molecule has 2 aromatic rings. The number of hydrogen-bond acceptors (Lipinski definition) is 3. The molecule has 3 rings (SSSR count).